The lowest BCUT2D eigenvalue weighted by Crippen LogP contribution is -2.16. The highest BCUT2D eigenvalue weighted by Crippen LogP contribution is 2.37. The molecule has 1 N–H and O–H groups in total. The molecule has 3 aromatic carbocycles. The first-order valence-corrected chi connectivity index (χ1v) is 9.21. The van der Waals surface area contributed by atoms with Gasteiger partial charge in [0.15, 0.2) is 0 Å². The van der Waals surface area contributed by atoms with Crippen LogP contribution < -0.4 is 15.2 Å². The largest absolute Gasteiger partial charge is 0.496 e. The van der Waals surface area contributed by atoms with Gasteiger partial charge in [0.25, 0.3) is 0 Å². The number of benzene rings is 3. The maximum absolute atomic E-state index is 12.8. The van der Waals surface area contributed by atoms with E-state index in [1.807, 2.05) is 54.6 Å². The number of aryl methyl sites for hydroxylation is 1. The van der Waals surface area contributed by atoms with Crippen LogP contribution in [0.4, 0.5) is 0 Å². The second kappa shape index (κ2) is 7.27. The van der Waals surface area contributed by atoms with Gasteiger partial charge < -0.3 is 14.5 Å². The average Bonchev–Trinajstić information content (AvgIpc) is 3.13. The van der Waals surface area contributed by atoms with Gasteiger partial charge in [-0.25, -0.2) is 4.79 Å². The fourth-order valence-corrected chi connectivity index (χ4v) is 3.65. The van der Waals surface area contributed by atoms with Crippen molar-refractivity contribution in [2.75, 3.05) is 14.2 Å². The molecule has 0 saturated heterocycles. The zero-order valence-electron chi connectivity index (χ0n) is 16.2. The van der Waals surface area contributed by atoms with Crippen LogP contribution in [0.15, 0.2) is 65.6 Å². The fraction of sp³-hybridized carbons (Fsp3) is 0.174. The Balaban J connectivity index is 2.02. The van der Waals surface area contributed by atoms with Crippen molar-refractivity contribution >= 4 is 10.8 Å². The second-order valence-electron chi connectivity index (χ2n) is 6.53. The quantitative estimate of drug-likeness (QED) is 0.557. The Morgan fingerprint density at radius 1 is 0.964 bits per heavy atom. The molecule has 0 spiro atoms. The minimum Gasteiger partial charge on any atom is -0.496 e. The molecule has 28 heavy (non-hydrogen) atoms. The van der Waals surface area contributed by atoms with Gasteiger partial charge >= 0.3 is 5.69 Å². The van der Waals surface area contributed by atoms with Gasteiger partial charge in [0.2, 0.25) is 0 Å². The lowest BCUT2D eigenvalue weighted by Gasteiger charge is -2.16. The van der Waals surface area contributed by atoms with Crippen molar-refractivity contribution in [1.29, 1.82) is 0 Å². The first-order valence-electron chi connectivity index (χ1n) is 9.21. The van der Waals surface area contributed by atoms with E-state index in [1.165, 1.54) is 0 Å². The van der Waals surface area contributed by atoms with Crippen molar-refractivity contribution in [2.24, 2.45) is 0 Å². The summed E-state index contributed by atoms with van der Waals surface area (Å²) >= 11 is 0. The van der Waals surface area contributed by atoms with Gasteiger partial charge in [-0.05, 0) is 29.5 Å². The van der Waals surface area contributed by atoms with E-state index in [0.717, 1.165) is 45.5 Å². The molecule has 0 fully saturated rings. The predicted octanol–water partition coefficient (Wildman–Crippen LogP) is 4.57. The van der Waals surface area contributed by atoms with E-state index in [1.54, 1.807) is 25.0 Å². The van der Waals surface area contributed by atoms with Crippen molar-refractivity contribution in [3.8, 4) is 28.4 Å². The van der Waals surface area contributed by atoms with Crippen molar-refractivity contribution in [3.05, 3.63) is 76.8 Å². The molecule has 4 rings (SSSR count). The highest BCUT2D eigenvalue weighted by atomic mass is 16.5. The molecule has 5 nitrogen and oxygen atoms in total. The number of rotatable bonds is 5. The van der Waals surface area contributed by atoms with Gasteiger partial charge in [0.1, 0.15) is 11.5 Å². The number of nitrogens with one attached hydrogen (secondary N) is 1. The van der Waals surface area contributed by atoms with Crippen LogP contribution in [0.5, 0.6) is 11.5 Å². The summed E-state index contributed by atoms with van der Waals surface area (Å²) in [4.78, 5) is 15.6. The normalized spacial score (nSPS) is 11.0. The zero-order valence-corrected chi connectivity index (χ0v) is 16.2. The summed E-state index contributed by atoms with van der Waals surface area (Å²) in [6.45, 7) is 2.07. The van der Waals surface area contributed by atoms with Gasteiger partial charge in [0, 0.05) is 23.2 Å². The number of fused-ring (bicyclic) bond motifs is 1. The maximum atomic E-state index is 12.8. The first-order chi connectivity index (χ1) is 13.7. The third-order valence-corrected chi connectivity index (χ3v) is 5.04. The Morgan fingerprint density at radius 3 is 2.46 bits per heavy atom. The van der Waals surface area contributed by atoms with E-state index in [4.69, 9.17) is 9.47 Å². The lowest BCUT2D eigenvalue weighted by atomic mass is 10.0. The van der Waals surface area contributed by atoms with E-state index < -0.39 is 0 Å². The molecule has 0 aliphatic rings. The molecule has 0 aliphatic heterocycles. The Morgan fingerprint density at radius 2 is 1.71 bits per heavy atom. The van der Waals surface area contributed by atoms with Crippen molar-refractivity contribution in [2.45, 2.75) is 13.3 Å². The Kier molecular flexibility index (Phi) is 4.65. The Hall–Kier alpha value is -3.47. The number of aromatic amines is 1. The van der Waals surface area contributed by atoms with E-state index in [9.17, 15) is 4.79 Å². The monoisotopic (exact) mass is 374 g/mol. The molecule has 1 heterocycles. The number of methoxy groups -OCH3 is 2. The van der Waals surface area contributed by atoms with Gasteiger partial charge in [-0.1, -0.05) is 43.3 Å². The molecule has 0 atom stereocenters. The van der Waals surface area contributed by atoms with Crippen molar-refractivity contribution in [3.63, 3.8) is 0 Å². The molecule has 0 saturated carbocycles. The molecule has 0 amide bonds. The molecule has 142 valence electrons. The summed E-state index contributed by atoms with van der Waals surface area (Å²) in [6, 6.07) is 17.9. The third kappa shape index (κ3) is 2.85. The number of nitrogens with zero attached hydrogens (tertiary/aromatic N) is 1. The average molecular weight is 374 g/mol. The van der Waals surface area contributed by atoms with E-state index in [-0.39, 0.29) is 5.69 Å². The number of hydrogen-bond acceptors (Lipinski definition) is 3. The first kappa shape index (κ1) is 17.9. The molecule has 0 unspecified atom stereocenters. The number of hydrogen-bond donors (Lipinski definition) is 1. The minimum atomic E-state index is -0.192. The molecule has 5 heteroatoms. The van der Waals surface area contributed by atoms with Gasteiger partial charge in [-0.3, -0.25) is 4.57 Å². The molecule has 0 bridgehead atoms. The molecular weight excluding hydrogens is 352 g/mol. The van der Waals surface area contributed by atoms with Gasteiger partial charge in [-0.2, -0.15) is 0 Å². The summed E-state index contributed by atoms with van der Waals surface area (Å²) in [5, 5.41) is 2.09. The molecule has 0 aliphatic carbocycles. The Bertz CT molecular complexity index is 1200. The number of ether oxygens (including phenoxy) is 2. The standard InChI is InChI=1S/C23H22N2O3/c1-4-15-12-18(22(28-3)13-21(15)27-2)20-14-24-23(26)25(20)19-11-7-9-16-8-5-6-10-17(16)19/h5-14H,4H2,1-3H3,(H,24,26). The van der Waals surface area contributed by atoms with Crippen LogP contribution in [0.2, 0.25) is 0 Å². The van der Waals surface area contributed by atoms with Crippen LogP contribution in [0, 0.1) is 0 Å². The van der Waals surface area contributed by atoms with Crippen molar-refractivity contribution in [1.82, 2.24) is 9.55 Å². The summed E-state index contributed by atoms with van der Waals surface area (Å²) < 4.78 is 12.8. The summed E-state index contributed by atoms with van der Waals surface area (Å²) in [6.07, 6.45) is 2.54. The third-order valence-electron chi connectivity index (χ3n) is 5.04. The summed E-state index contributed by atoms with van der Waals surface area (Å²) in [5.41, 5.74) is 3.27. The van der Waals surface area contributed by atoms with E-state index >= 15 is 0 Å². The van der Waals surface area contributed by atoms with Gasteiger partial charge in [0.05, 0.1) is 25.6 Å². The van der Waals surface area contributed by atoms with E-state index in [0.29, 0.717) is 5.75 Å². The molecule has 4 aromatic rings. The van der Waals surface area contributed by atoms with Crippen LogP contribution >= 0.6 is 0 Å². The summed E-state index contributed by atoms with van der Waals surface area (Å²) in [5.74, 6) is 1.43. The van der Waals surface area contributed by atoms with Crippen LogP contribution in [-0.4, -0.2) is 23.8 Å². The van der Waals surface area contributed by atoms with Crippen LogP contribution in [-0.2, 0) is 6.42 Å². The highest BCUT2D eigenvalue weighted by Gasteiger charge is 2.18. The number of H-pyrrole nitrogens is 1. The van der Waals surface area contributed by atoms with Crippen molar-refractivity contribution < 1.29 is 9.47 Å². The topological polar surface area (TPSA) is 56.2 Å². The van der Waals surface area contributed by atoms with Crippen LogP contribution in [0.3, 0.4) is 0 Å². The second-order valence-corrected chi connectivity index (χ2v) is 6.53. The maximum Gasteiger partial charge on any atom is 0.330 e. The molecule has 0 radical (unpaired) electrons. The lowest BCUT2D eigenvalue weighted by molar-refractivity contribution is 0.392. The molecular formula is C23H22N2O3. The number of aromatic nitrogens is 2. The van der Waals surface area contributed by atoms with Gasteiger partial charge in [-0.15, -0.1) is 0 Å². The Labute approximate surface area is 163 Å². The summed E-state index contributed by atoms with van der Waals surface area (Å²) in [7, 11) is 3.27. The minimum absolute atomic E-state index is 0.192. The predicted molar refractivity (Wildman–Crippen MR) is 112 cm³/mol. The van der Waals surface area contributed by atoms with Crippen LogP contribution in [0.25, 0.3) is 27.7 Å². The fourth-order valence-electron chi connectivity index (χ4n) is 3.65. The highest BCUT2D eigenvalue weighted by molar-refractivity contribution is 5.91. The SMILES string of the molecule is CCc1cc(-c2c[nH]c(=O)n2-c2cccc3ccccc23)c(OC)cc1OC. The van der Waals surface area contributed by atoms with E-state index in [2.05, 4.69) is 11.9 Å². The molecule has 1 aromatic heterocycles. The zero-order chi connectivity index (χ0) is 19.7. The van der Waals surface area contributed by atoms with Crippen LogP contribution in [0.1, 0.15) is 12.5 Å². The smallest absolute Gasteiger partial charge is 0.330 e. The number of imidazole rings is 1.